The summed E-state index contributed by atoms with van der Waals surface area (Å²) in [6.45, 7) is 10.5. The van der Waals surface area contributed by atoms with Crippen LogP contribution >= 0.6 is 0 Å². The highest BCUT2D eigenvalue weighted by molar-refractivity contribution is 5.84. The Kier molecular flexibility index (Phi) is 4.79. The number of hydrogen-bond donors (Lipinski definition) is 1. The molecule has 1 aromatic carbocycles. The first-order valence-electron chi connectivity index (χ1n) is 11.0. The normalized spacial score (nSPS) is 18.8. The predicted octanol–water partition coefficient (Wildman–Crippen LogP) is 4.37. The average molecular weight is 416 g/mol. The summed E-state index contributed by atoms with van der Waals surface area (Å²) in [5.41, 5.74) is 5.04. The molecule has 4 heterocycles. The first kappa shape index (κ1) is 20.1. The van der Waals surface area contributed by atoms with Gasteiger partial charge in [-0.1, -0.05) is 51.1 Å². The molecule has 0 saturated carbocycles. The van der Waals surface area contributed by atoms with Crippen molar-refractivity contribution in [1.29, 1.82) is 0 Å². The highest BCUT2D eigenvalue weighted by Gasteiger charge is 2.26. The predicted molar refractivity (Wildman–Crippen MR) is 123 cm³/mol. The van der Waals surface area contributed by atoms with Crippen molar-refractivity contribution >= 4 is 16.6 Å². The van der Waals surface area contributed by atoms with Gasteiger partial charge in [-0.2, -0.15) is 0 Å². The fourth-order valence-electron chi connectivity index (χ4n) is 4.54. The molecule has 1 N–H and O–H groups in total. The van der Waals surface area contributed by atoms with Gasteiger partial charge in [0, 0.05) is 30.7 Å². The van der Waals surface area contributed by atoms with Gasteiger partial charge in [0.15, 0.2) is 11.5 Å². The first-order chi connectivity index (χ1) is 14.8. The van der Waals surface area contributed by atoms with Gasteiger partial charge in [0.1, 0.15) is 5.69 Å². The van der Waals surface area contributed by atoms with Gasteiger partial charge < -0.3 is 5.11 Å². The second kappa shape index (κ2) is 7.39. The zero-order chi connectivity index (χ0) is 21.8. The quantitative estimate of drug-likeness (QED) is 0.538. The number of nitrogens with zero attached hydrogens (tertiary/aromatic N) is 5. The number of β-amino-alcohol motifs (C(OH)–C–C–N with tert-alkyl or cyclic N) is 1. The lowest BCUT2D eigenvalue weighted by Gasteiger charge is -2.24. The van der Waals surface area contributed by atoms with Crippen molar-refractivity contribution in [2.75, 3.05) is 13.1 Å². The van der Waals surface area contributed by atoms with Crippen LogP contribution in [0.4, 0.5) is 0 Å². The molecule has 0 unspecified atom stereocenters. The van der Waals surface area contributed by atoms with Crippen LogP contribution in [0.15, 0.2) is 48.7 Å². The Morgan fingerprint density at radius 3 is 2.65 bits per heavy atom. The number of likely N-dealkylation sites (tertiary alicyclic amines) is 1. The van der Waals surface area contributed by atoms with E-state index in [9.17, 15) is 5.11 Å². The van der Waals surface area contributed by atoms with Crippen molar-refractivity contribution in [1.82, 2.24) is 24.5 Å². The van der Waals surface area contributed by atoms with Crippen molar-refractivity contribution in [3.8, 4) is 11.5 Å². The van der Waals surface area contributed by atoms with Gasteiger partial charge in [-0.15, -0.1) is 10.2 Å². The van der Waals surface area contributed by atoms with Crippen LogP contribution in [0.2, 0.25) is 0 Å². The Morgan fingerprint density at radius 2 is 1.90 bits per heavy atom. The zero-order valence-corrected chi connectivity index (χ0v) is 18.6. The first-order valence-corrected chi connectivity index (χ1v) is 11.0. The molecule has 4 aromatic rings. The van der Waals surface area contributed by atoms with Gasteiger partial charge >= 0.3 is 0 Å². The standard InChI is InChI=1S/C25H29N5O/c1-16(29-13-12-19(31)15-29)18-9-11-22-27-28-24(30(22)14-18)21-10-8-17-6-5-7-20(23(17)26-21)25(2,3)4/h5-11,14,16,19,31H,12-13,15H2,1-4H3/t16-,19-/m1/s1. The van der Waals surface area contributed by atoms with E-state index in [-0.39, 0.29) is 17.6 Å². The van der Waals surface area contributed by atoms with Gasteiger partial charge in [-0.05, 0) is 42.0 Å². The van der Waals surface area contributed by atoms with Crippen LogP contribution < -0.4 is 0 Å². The minimum atomic E-state index is -0.226. The topological polar surface area (TPSA) is 66.5 Å². The Labute approximate surface area is 182 Å². The van der Waals surface area contributed by atoms with E-state index >= 15 is 0 Å². The molecule has 1 saturated heterocycles. The molecule has 1 fully saturated rings. The Bertz CT molecular complexity index is 1260. The van der Waals surface area contributed by atoms with E-state index < -0.39 is 0 Å². The number of hydrogen-bond acceptors (Lipinski definition) is 5. The lowest BCUT2D eigenvalue weighted by atomic mass is 9.85. The molecule has 3 aromatic heterocycles. The van der Waals surface area contributed by atoms with Crippen LogP contribution in [0.1, 0.15) is 51.3 Å². The SMILES string of the molecule is C[C@H](c1ccc2nnc(-c3ccc4cccc(C(C)(C)C)c4n3)n2c1)N1CC[C@@H](O)C1. The van der Waals surface area contributed by atoms with Gasteiger partial charge in [0.2, 0.25) is 0 Å². The molecule has 1 aliphatic heterocycles. The number of pyridine rings is 2. The van der Waals surface area contributed by atoms with Crippen molar-refractivity contribution in [3.63, 3.8) is 0 Å². The minimum Gasteiger partial charge on any atom is -0.392 e. The van der Waals surface area contributed by atoms with Crippen molar-refractivity contribution in [2.45, 2.75) is 51.7 Å². The molecule has 31 heavy (non-hydrogen) atoms. The molecule has 0 aliphatic carbocycles. The molecule has 5 rings (SSSR count). The fourth-order valence-corrected chi connectivity index (χ4v) is 4.54. The van der Waals surface area contributed by atoms with E-state index in [1.54, 1.807) is 0 Å². The molecule has 6 heteroatoms. The number of rotatable bonds is 3. The molecular weight excluding hydrogens is 386 g/mol. The van der Waals surface area contributed by atoms with E-state index in [1.807, 2.05) is 16.5 Å². The summed E-state index contributed by atoms with van der Waals surface area (Å²) in [6, 6.07) is 14.8. The van der Waals surface area contributed by atoms with Crippen LogP contribution in [-0.4, -0.2) is 48.8 Å². The summed E-state index contributed by atoms with van der Waals surface area (Å²) in [4.78, 5) is 7.35. The van der Waals surface area contributed by atoms with Crippen molar-refractivity contribution in [2.24, 2.45) is 0 Å². The minimum absolute atomic E-state index is 0.000932. The van der Waals surface area contributed by atoms with Crippen LogP contribution in [0.25, 0.3) is 28.1 Å². The molecular formula is C25H29N5O. The number of fused-ring (bicyclic) bond motifs is 2. The molecule has 0 spiro atoms. The third-order valence-corrected chi connectivity index (χ3v) is 6.41. The third kappa shape index (κ3) is 3.60. The largest absolute Gasteiger partial charge is 0.392 e. The van der Waals surface area contributed by atoms with Crippen LogP contribution in [0.5, 0.6) is 0 Å². The van der Waals surface area contributed by atoms with Crippen LogP contribution in [-0.2, 0) is 5.41 Å². The van der Waals surface area contributed by atoms with Gasteiger partial charge in [0.25, 0.3) is 0 Å². The molecule has 160 valence electrons. The summed E-state index contributed by atoms with van der Waals surface area (Å²) in [7, 11) is 0. The molecule has 0 radical (unpaired) electrons. The lowest BCUT2D eigenvalue weighted by Crippen LogP contribution is -2.25. The number of aromatic nitrogens is 4. The third-order valence-electron chi connectivity index (χ3n) is 6.41. The summed E-state index contributed by atoms with van der Waals surface area (Å²) >= 11 is 0. The number of para-hydroxylation sites is 1. The van der Waals surface area contributed by atoms with Crippen LogP contribution in [0, 0.1) is 0 Å². The number of aliphatic hydroxyl groups is 1. The molecule has 2 atom stereocenters. The fraction of sp³-hybridized carbons (Fsp3) is 0.400. The molecule has 0 amide bonds. The number of benzene rings is 1. The average Bonchev–Trinajstić information content (AvgIpc) is 3.37. The van der Waals surface area contributed by atoms with E-state index in [1.165, 1.54) is 11.1 Å². The lowest BCUT2D eigenvalue weighted by molar-refractivity contribution is 0.163. The Hall–Kier alpha value is -2.83. The van der Waals surface area contributed by atoms with Crippen molar-refractivity contribution < 1.29 is 5.11 Å². The second-order valence-corrected chi connectivity index (χ2v) is 9.65. The summed E-state index contributed by atoms with van der Waals surface area (Å²) in [6.07, 6.45) is 2.72. The van der Waals surface area contributed by atoms with E-state index in [0.29, 0.717) is 0 Å². The Balaban J connectivity index is 1.59. The molecule has 1 aliphatic rings. The number of aliphatic hydroxyl groups excluding tert-OH is 1. The maximum absolute atomic E-state index is 9.92. The maximum atomic E-state index is 9.92. The summed E-state index contributed by atoms with van der Waals surface area (Å²) in [5.74, 6) is 0.746. The molecule has 0 bridgehead atoms. The molecule has 6 nitrogen and oxygen atoms in total. The van der Waals surface area contributed by atoms with E-state index in [4.69, 9.17) is 4.98 Å². The van der Waals surface area contributed by atoms with Crippen molar-refractivity contribution in [3.05, 3.63) is 59.8 Å². The van der Waals surface area contributed by atoms with Gasteiger partial charge in [-0.25, -0.2) is 4.98 Å². The van der Waals surface area contributed by atoms with E-state index in [2.05, 4.69) is 79.3 Å². The van der Waals surface area contributed by atoms with Gasteiger partial charge in [-0.3, -0.25) is 9.30 Å². The summed E-state index contributed by atoms with van der Waals surface area (Å²) in [5, 5.41) is 19.9. The van der Waals surface area contributed by atoms with Crippen LogP contribution in [0.3, 0.4) is 0 Å². The Morgan fingerprint density at radius 1 is 1.06 bits per heavy atom. The van der Waals surface area contributed by atoms with Gasteiger partial charge in [0.05, 0.1) is 11.6 Å². The maximum Gasteiger partial charge on any atom is 0.187 e. The summed E-state index contributed by atoms with van der Waals surface area (Å²) < 4.78 is 2.03. The zero-order valence-electron chi connectivity index (χ0n) is 18.6. The second-order valence-electron chi connectivity index (χ2n) is 9.65. The van der Waals surface area contributed by atoms with E-state index in [0.717, 1.165) is 47.6 Å². The smallest absolute Gasteiger partial charge is 0.187 e. The highest BCUT2D eigenvalue weighted by Crippen LogP contribution is 2.31. The monoisotopic (exact) mass is 415 g/mol. The highest BCUT2D eigenvalue weighted by atomic mass is 16.3.